The van der Waals surface area contributed by atoms with Gasteiger partial charge in [-0.25, -0.2) is 0 Å². The molecule has 2 rings (SSSR count). The van der Waals surface area contributed by atoms with E-state index < -0.39 is 0 Å². The molecule has 0 radical (unpaired) electrons. The molecule has 2 aromatic carbocycles. The van der Waals surface area contributed by atoms with Gasteiger partial charge in [0.05, 0.1) is 0 Å². The summed E-state index contributed by atoms with van der Waals surface area (Å²) in [5.74, 6) is 0. The summed E-state index contributed by atoms with van der Waals surface area (Å²) >= 11 is 7.00. The maximum atomic E-state index is 3.53. The molecule has 1 nitrogen and oxygen atoms in total. The number of halogens is 2. The first-order valence-corrected chi connectivity index (χ1v) is 7.47. The van der Waals surface area contributed by atoms with Crippen LogP contribution < -0.4 is 5.32 Å². The Labute approximate surface area is 125 Å². The van der Waals surface area contributed by atoms with Gasteiger partial charge in [0.1, 0.15) is 0 Å². The minimum Gasteiger partial charge on any atom is -0.306 e. The first-order chi connectivity index (χ1) is 8.66. The van der Waals surface area contributed by atoms with Crippen molar-refractivity contribution in [2.75, 3.05) is 0 Å². The fourth-order valence-corrected chi connectivity index (χ4v) is 2.45. The number of nitrogens with one attached hydrogen (secondary N) is 1. The third-order valence-electron chi connectivity index (χ3n) is 2.90. The zero-order valence-electron chi connectivity index (χ0n) is 10.2. The quantitative estimate of drug-likeness (QED) is 0.794. The van der Waals surface area contributed by atoms with E-state index in [-0.39, 0.29) is 0 Å². The number of rotatable bonds is 4. The lowest BCUT2D eigenvalue weighted by atomic mass is 10.1. The number of benzene rings is 2. The van der Waals surface area contributed by atoms with E-state index in [1.54, 1.807) is 0 Å². The smallest absolute Gasteiger partial charge is 0.0320 e. The van der Waals surface area contributed by atoms with Gasteiger partial charge in [-0.1, -0.05) is 36.4 Å². The molecule has 0 saturated heterocycles. The second kappa shape index (κ2) is 6.50. The van der Waals surface area contributed by atoms with E-state index >= 15 is 0 Å². The van der Waals surface area contributed by atoms with Crippen molar-refractivity contribution in [2.45, 2.75) is 19.5 Å². The summed E-state index contributed by atoms with van der Waals surface area (Å²) in [6, 6.07) is 17.2. The first kappa shape index (κ1) is 13.8. The molecule has 1 N–H and O–H groups in total. The molecule has 0 aliphatic carbocycles. The Morgan fingerprint density at radius 3 is 2.39 bits per heavy atom. The predicted molar refractivity (Wildman–Crippen MR) is 83.5 cm³/mol. The topological polar surface area (TPSA) is 12.0 Å². The van der Waals surface area contributed by atoms with Crippen LogP contribution in [0.15, 0.2) is 57.5 Å². The summed E-state index contributed by atoms with van der Waals surface area (Å²) in [6.45, 7) is 3.05. The van der Waals surface area contributed by atoms with Crippen molar-refractivity contribution < 1.29 is 0 Å². The molecule has 1 unspecified atom stereocenters. The second-order valence-corrected chi connectivity index (χ2v) is 5.97. The van der Waals surface area contributed by atoms with Gasteiger partial charge in [0.2, 0.25) is 0 Å². The molecule has 0 bridgehead atoms. The second-order valence-electron chi connectivity index (χ2n) is 4.26. The van der Waals surface area contributed by atoms with Gasteiger partial charge in [-0.2, -0.15) is 0 Å². The molecule has 18 heavy (non-hydrogen) atoms. The lowest BCUT2D eigenvalue weighted by molar-refractivity contribution is 0.574. The van der Waals surface area contributed by atoms with Gasteiger partial charge < -0.3 is 5.32 Å². The maximum Gasteiger partial charge on any atom is 0.0320 e. The largest absolute Gasteiger partial charge is 0.306 e. The molecule has 0 amide bonds. The highest BCUT2D eigenvalue weighted by molar-refractivity contribution is 9.13. The minimum atomic E-state index is 0.355. The predicted octanol–water partition coefficient (Wildman–Crippen LogP) is 5.06. The van der Waals surface area contributed by atoms with E-state index in [0.29, 0.717) is 6.04 Å². The summed E-state index contributed by atoms with van der Waals surface area (Å²) in [5, 5.41) is 3.53. The Bertz CT molecular complexity index is 511. The van der Waals surface area contributed by atoms with Crippen LogP contribution in [0.2, 0.25) is 0 Å². The summed E-state index contributed by atoms with van der Waals surface area (Å²) in [4.78, 5) is 0. The highest BCUT2D eigenvalue weighted by Crippen LogP contribution is 2.24. The van der Waals surface area contributed by atoms with E-state index in [1.165, 1.54) is 11.1 Å². The zero-order chi connectivity index (χ0) is 13.0. The van der Waals surface area contributed by atoms with Gasteiger partial charge in [-0.3, -0.25) is 0 Å². The van der Waals surface area contributed by atoms with Crippen LogP contribution in [0.1, 0.15) is 24.1 Å². The van der Waals surface area contributed by atoms with Crippen molar-refractivity contribution in [3.05, 3.63) is 68.6 Å². The molecule has 0 fully saturated rings. The van der Waals surface area contributed by atoms with Crippen LogP contribution in [0.4, 0.5) is 0 Å². The van der Waals surface area contributed by atoms with Crippen LogP contribution in [0.5, 0.6) is 0 Å². The molecular formula is C15H15Br2N. The summed E-state index contributed by atoms with van der Waals surface area (Å²) in [7, 11) is 0. The van der Waals surface area contributed by atoms with Gasteiger partial charge in [-0.05, 0) is 62.0 Å². The Kier molecular flexibility index (Phi) is 4.98. The Hall–Kier alpha value is -0.640. The highest BCUT2D eigenvalue weighted by atomic mass is 79.9. The summed E-state index contributed by atoms with van der Waals surface area (Å²) in [5.41, 5.74) is 2.58. The van der Waals surface area contributed by atoms with Crippen molar-refractivity contribution in [1.82, 2.24) is 5.32 Å². The molecule has 0 aliphatic rings. The molecule has 0 aliphatic heterocycles. The van der Waals surface area contributed by atoms with Gasteiger partial charge in [-0.15, -0.1) is 0 Å². The zero-order valence-corrected chi connectivity index (χ0v) is 13.3. The summed E-state index contributed by atoms with van der Waals surface area (Å²) < 4.78 is 2.18. The fraction of sp³-hybridized carbons (Fsp3) is 0.200. The lowest BCUT2D eigenvalue weighted by Gasteiger charge is -2.14. The SMILES string of the molecule is CC(NCc1ccc(Br)c(Br)c1)c1ccccc1. The Morgan fingerprint density at radius 2 is 1.72 bits per heavy atom. The van der Waals surface area contributed by atoms with Crippen LogP contribution >= 0.6 is 31.9 Å². The van der Waals surface area contributed by atoms with E-state index in [2.05, 4.69) is 86.6 Å². The summed E-state index contributed by atoms with van der Waals surface area (Å²) in [6.07, 6.45) is 0. The van der Waals surface area contributed by atoms with E-state index in [9.17, 15) is 0 Å². The van der Waals surface area contributed by atoms with Crippen molar-refractivity contribution >= 4 is 31.9 Å². The molecule has 2 aromatic rings. The van der Waals surface area contributed by atoms with Crippen LogP contribution in [-0.2, 0) is 6.54 Å². The highest BCUT2D eigenvalue weighted by Gasteiger charge is 2.04. The number of hydrogen-bond donors (Lipinski definition) is 1. The molecule has 94 valence electrons. The Morgan fingerprint density at radius 1 is 1.00 bits per heavy atom. The van der Waals surface area contributed by atoms with Crippen molar-refractivity contribution in [3.8, 4) is 0 Å². The molecule has 0 heterocycles. The first-order valence-electron chi connectivity index (χ1n) is 5.89. The van der Waals surface area contributed by atoms with Crippen molar-refractivity contribution in [1.29, 1.82) is 0 Å². The van der Waals surface area contributed by atoms with E-state index in [1.807, 2.05) is 6.07 Å². The molecule has 0 aromatic heterocycles. The maximum absolute atomic E-state index is 3.53. The third kappa shape index (κ3) is 3.67. The minimum absolute atomic E-state index is 0.355. The van der Waals surface area contributed by atoms with Crippen molar-refractivity contribution in [3.63, 3.8) is 0 Å². The van der Waals surface area contributed by atoms with Gasteiger partial charge >= 0.3 is 0 Å². The van der Waals surface area contributed by atoms with E-state index in [4.69, 9.17) is 0 Å². The fourth-order valence-electron chi connectivity index (χ4n) is 1.78. The van der Waals surface area contributed by atoms with Crippen molar-refractivity contribution in [2.24, 2.45) is 0 Å². The standard InChI is InChI=1S/C15H15Br2N/c1-11(13-5-3-2-4-6-13)18-10-12-7-8-14(16)15(17)9-12/h2-9,11,18H,10H2,1H3. The average Bonchev–Trinajstić information content (AvgIpc) is 2.41. The third-order valence-corrected chi connectivity index (χ3v) is 4.78. The van der Waals surface area contributed by atoms with Crippen LogP contribution in [0.3, 0.4) is 0 Å². The molecule has 0 spiro atoms. The van der Waals surface area contributed by atoms with Gasteiger partial charge in [0.15, 0.2) is 0 Å². The molecular weight excluding hydrogens is 354 g/mol. The van der Waals surface area contributed by atoms with Gasteiger partial charge in [0, 0.05) is 21.5 Å². The monoisotopic (exact) mass is 367 g/mol. The van der Waals surface area contributed by atoms with Crippen LogP contribution in [-0.4, -0.2) is 0 Å². The average molecular weight is 369 g/mol. The van der Waals surface area contributed by atoms with Crippen LogP contribution in [0, 0.1) is 0 Å². The molecule has 0 saturated carbocycles. The Balaban J connectivity index is 1.97. The van der Waals surface area contributed by atoms with Gasteiger partial charge in [0.25, 0.3) is 0 Å². The molecule has 1 atom stereocenters. The molecule has 3 heteroatoms. The normalized spacial score (nSPS) is 12.4. The van der Waals surface area contributed by atoms with Crippen LogP contribution in [0.25, 0.3) is 0 Å². The lowest BCUT2D eigenvalue weighted by Crippen LogP contribution is -2.17. The number of hydrogen-bond acceptors (Lipinski definition) is 1. The van der Waals surface area contributed by atoms with E-state index in [0.717, 1.165) is 15.5 Å².